The first-order valence-electron chi connectivity index (χ1n) is 12.8. The van der Waals surface area contributed by atoms with Gasteiger partial charge in [0.25, 0.3) is 0 Å². The summed E-state index contributed by atoms with van der Waals surface area (Å²) < 4.78 is 41.5. The summed E-state index contributed by atoms with van der Waals surface area (Å²) in [7, 11) is 0. The summed E-state index contributed by atoms with van der Waals surface area (Å²) in [6.45, 7) is 13.3. The molecule has 2 unspecified atom stereocenters. The zero-order valence-electron chi connectivity index (χ0n) is 23.3. The Balaban J connectivity index is 2.63. The number of carbonyl (C=O) groups is 2. The lowest BCUT2D eigenvalue weighted by atomic mass is 9.85. The highest BCUT2D eigenvalue weighted by Gasteiger charge is 2.32. The normalized spacial score (nSPS) is 12.9. The predicted molar refractivity (Wildman–Crippen MR) is 153 cm³/mol. The van der Waals surface area contributed by atoms with Crippen LogP contribution in [-0.4, -0.2) is 40.5 Å². The molecule has 0 heterocycles. The van der Waals surface area contributed by atoms with Crippen LogP contribution in [0.4, 0.5) is 5.69 Å². The molecule has 1 N–H and O–H groups in total. The van der Waals surface area contributed by atoms with E-state index in [4.69, 9.17) is 37.4 Å². The minimum atomic E-state index is -2.66. The van der Waals surface area contributed by atoms with E-state index in [1.807, 2.05) is 6.92 Å². The fourth-order valence-electron chi connectivity index (χ4n) is 4.02. The van der Waals surface area contributed by atoms with Crippen LogP contribution in [0.25, 0.3) is 0 Å². The van der Waals surface area contributed by atoms with Crippen molar-refractivity contribution in [3.8, 4) is 5.75 Å². The maximum absolute atomic E-state index is 12.4. The Morgan fingerprint density at radius 2 is 1.38 bits per heavy atom. The Morgan fingerprint density at radius 1 is 0.897 bits per heavy atom. The van der Waals surface area contributed by atoms with E-state index >= 15 is 0 Å². The maximum atomic E-state index is 12.4. The second-order valence-electron chi connectivity index (χ2n) is 9.63. The number of hydrogen-bond acceptors (Lipinski definition) is 7. The van der Waals surface area contributed by atoms with Gasteiger partial charge < -0.3 is 23.5 Å². The number of rotatable bonds is 13. The molecule has 0 fully saturated rings. The van der Waals surface area contributed by atoms with E-state index in [0.717, 1.165) is 16.7 Å². The summed E-state index contributed by atoms with van der Waals surface area (Å²) in [5, 5.41) is 0.0460. The quantitative estimate of drug-likeness (QED) is 0.154. The van der Waals surface area contributed by atoms with Crippen LogP contribution in [0.1, 0.15) is 88.5 Å². The van der Waals surface area contributed by atoms with Gasteiger partial charge in [-0.2, -0.15) is 0 Å². The molecule has 0 amide bonds. The average molecular weight is 602 g/mol. The molecule has 0 aliphatic rings. The number of carbonyl (C=O) groups excluding carboxylic acids is 2. The van der Waals surface area contributed by atoms with Crippen molar-refractivity contribution in [2.75, 3.05) is 24.5 Å². The van der Waals surface area contributed by atoms with Gasteiger partial charge in [0.05, 0.1) is 28.9 Å². The molecule has 0 bridgehead atoms. The van der Waals surface area contributed by atoms with E-state index < -0.39 is 35.7 Å². The second kappa shape index (κ2) is 14.9. The fraction of sp³-hybridized carbons (Fsp3) is 0.500. The molecule has 2 aromatic carbocycles. The summed E-state index contributed by atoms with van der Waals surface area (Å²) in [4.78, 5) is 24.8. The topological polar surface area (TPSA) is 114 Å². The van der Waals surface area contributed by atoms with Crippen molar-refractivity contribution >= 4 is 52.1 Å². The second-order valence-corrected chi connectivity index (χ2v) is 11.1. The molecule has 39 heavy (non-hydrogen) atoms. The highest BCUT2D eigenvalue weighted by molar-refractivity contribution is 7.80. The Labute approximate surface area is 243 Å². The van der Waals surface area contributed by atoms with Gasteiger partial charge in [-0.05, 0) is 48.4 Å². The first-order chi connectivity index (χ1) is 18.3. The Morgan fingerprint density at radius 3 is 1.82 bits per heavy atom. The monoisotopic (exact) mass is 600 g/mol. The minimum absolute atomic E-state index is 0.00473. The summed E-state index contributed by atoms with van der Waals surface area (Å²) in [6.07, 6.45) is 0. The number of nitrogens with one attached hydrogen (secondary N) is 1. The summed E-state index contributed by atoms with van der Waals surface area (Å²) >= 11 is 10.6. The number of ether oxygens (including phenoxy) is 3. The molecule has 0 radical (unpaired) electrons. The largest absolute Gasteiger partial charge is 0.755 e. The van der Waals surface area contributed by atoms with Gasteiger partial charge in [0.2, 0.25) is 0 Å². The third-order valence-electron chi connectivity index (χ3n) is 6.21. The van der Waals surface area contributed by atoms with Gasteiger partial charge in [-0.25, -0.2) is 0 Å². The number of hydrogen-bond donors (Lipinski definition) is 1. The molecule has 0 aliphatic carbocycles. The lowest BCUT2D eigenvalue weighted by Crippen LogP contribution is -2.33. The molecular weight excluding hydrogens is 565 g/mol. The fourth-order valence-corrected chi connectivity index (χ4v) is 5.09. The van der Waals surface area contributed by atoms with Gasteiger partial charge in [0, 0.05) is 22.7 Å². The smallest absolute Gasteiger partial charge is 0.323 e. The summed E-state index contributed by atoms with van der Waals surface area (Å²) in [5.41, 5.74) is 3.82. The highest BCUT2D eigenvalue weighted by Crippen LogP contribution is 2.46. The van der Waals surface area contributed by atoms with Crippen molar-refractivity contribution < 1.29 is 32.6 Å². The molecule has 2 rings (SSSR count). The van der Waals surface area contributed by atoms with Crippen molar-refractivity contribution in [2.24, 2.45) is 5.92 Å². The SMILES string of the molecule is CCOC(=O)C(COc1c(Cl)cc(NS(=O)[O-])c(C(C)c2cc(C(C)C)cc(C(C)C)c2)c1Cl)C(=O)OCC. The Kier molecular flexibility index (Phi) is 12.5. The van der Waals surface area contributed by atoms with E-state index in [9.17, 15) is 18.4 Å². The third-order valence-corrected chi connectivity index (χ3v) is 7.25. The van der Waals surface area contributed by atoms with Gasteiger partial charge in [0.1, 0.15) is 6.61 Å². The molecular formula is C28H36Cl2NO7S-. The molecule has 0 spiro atoms. The molecule has 8 nitrogen and oxygen atoms in total. The predicted octanol–water partition coefficient (Wildman–Crippen LogP) is 6.72. The van der Waals surface area contributed by atoms with Crippen molar-refractivity contribution in [1.29, 1.82) is 0 Å². The van der Waals surface area contributed by atoms with Gasteiger partial charge in [-0.1, -0.05) is 76.0 Å². The molecule has 2 atom stereocenters. The van der Waals surface area contributed by atoms with Crippen molar-refractivity contribution in [1.82, 2.24) is 0 Å². The van der Waals surface area contributed by atoms with Crippen LogP contribution >= 0.6 is 23.2 Å². The van der Waals surface area contributed by atoms with Crippen molar-refractivity contribution in [2.45, 2.75) is 66.2 Å². The number of benzene rings is 2. The summed E-state index contributed by atoms with van der Waals surface area (Å²) in [5.74, 6) is -2.81. The van der Waals surface area contributed by atoms with E-state index in [1.165, 1.54) is 6.07 Å². The van der Waals surface area contributed by atoms with E-state index in [2.05, 4.69) is 50.6 Å². The third kappa shape index (κ3) is 8.58. The van der Waals surface area contributed by atoms with E-state index in [1.54, 1.807) is 13.8 Å². The Hall–Kier alpha value is -2.33. The zero-order chi connectivity index (χ0) is 29.4. The highest BCUT2D eigenvalue weighted by atomic mass is 35.5. The number of anilines is 1. The molecule has 11 heteroatoms. The molecule has 216 valence electrons. The van der Waals surface area contributed by atoms with Crippen LogP contribution in [0, 0.1) is 5.92 Å². The molecule has 0 saturated heterocycles. The first-order valence-corrected chi connectivity index (χ1v) is 14.6. The Bertz CT molecular complexity index is 1160. The zero-order valence-corrected chi connectivity index (χ0v) is 25.6. The van der Waals surface area contributed by atoms with Crippen LogP contribution in [0.15, 0.2) is 24.3 Å². The maximum Gasteiger partial charge on any atom is 0.323 e. The van der Waals surface area contributed by atoms with Crippen LogP contribution in [0.3, 0.4) is 0 Å². The average Bonchev–Trinajstić information content (AvgIpc) is 2.85. The van der Waals surface area contributed by atoms with Gasteiger partial charge in [0.15, 0.2) is 11.7 Å². The van der Waals surface area contributed by atoms with Crippen LogP contribution in [0.2, 0.25) is 10.0 Å². The molecule has 0 aliphatic heterocycles. The number of halogens is 2. The van der Waals surface area contributed by atoms with Crippen LogP contribution in [-0.2, 0) is 30.3 Å². The molecule has 0 aromatic heterocycles. The van der Waals surface area contributed by atoms with E-state index in [0.29, 0.717) is 5.56 Å². The van der Waals surface area contributed by atoms with Crippen molar-refractivity contribution in [3.63, 3.8) is 0 Å². The van der Waals surface area contributed by atoms with Gasteiger partial charge in [-0.3, -0.25) is 13.8 Å². The van der Waals surface area contributed by atoms with Crippen LogP contribution < -0.4 is 9.46 Å². The lowest BCUT2D eigenvalue weighted by molar-refractivity contribution is -0.163. The molecule has 2 aromatic rings. The first kappa shape index (κ1) is 32.9. The number of esters is 2. The van der Waals surface area contributed by atoms with Gasteiger partial charge in [-0.15, -0.1) is 0 Å². The lowest BCUT2D eigenvalue weighted by Gasteiger charge is -2.25. The van der Waals surface area contributed by atoms with Crippen LogP contribution in [0.5, 0.6) is 5.75 Å². The standard InChI is InChI=1S/C28H37Cl2NO7S/c1-8-36-27(32)21(28(33)37-9-2)14-38-26-22(29)13-23(31-39(34)35)24(25(26)30)17(7)20-11-18(15(3)4)10-19(12-20)16(5)6/h10-13,15-17,21,31H,8-9,14H2,1-7H3,(H,34,35)/p-1. The molecule has 0 saturated carbocycles. The van der Waals surface area contributed by atoms with Gasteiger partial charge >= 0.3 is 11.9 Å². The minimum Gasteiger partial charge on any atom is -0.755 e. The van der Waals surface area contributed by atoms with E-state index in [-0.39, 0.29) is 52.4 Å². The summed E-state index contributed by atoms with van der Waals surface area (Å²) in [6, 6.07) is 7.70. The van der Waals surface area contributed by atoms with Crippen molar-refractivity contribution in [3.05, 3.63) is 56.6 Å².